The standard InChI is InChI=1S/C22H36N2O/c1-18(20-13-9-7-10-14-20)12-8-6-11-15-21(25)24-19(2)16-23-17-22(3,4)5/h7,9-10,13-14,19,23H,1,6,8,11-12,15-17H2,2-5H3,(H,24,25). The summed E-state index contributed by atoms with van der Waals surface area (Å²) in [5, 5.41) is 6.48. The number of allylic oxidation sites excluding steroid dienone is 1. The van der Waals surface area contributed by atoms with Crippen LogP contribution in [0.1, 0.15) is 65.4 Å². The maximum atomic E-state index is 12.0. The van der Waals surface area contributed by atoms with E-state index in [1.165, 1.54) is 11.1 Å². The summed E-state index contributed by atoms with van der Waals surface area (Å²) in [6.45, 7) is 14.6. The van der Waals surface area contributed by atoms with Crippen molar-refractivity contribution in [3.05, 3.63) is 42.5 Å². The van der Waals surface area contributed by atoms with E-state index in [2.05, 4.69) is 57.0 Å². The number of carbonyl (C=O) groups excluding carboxylic acids is 1. The zero-order valence-electron chi connectivity index (χ0n) is 16.5. The largest absolute Gasteiger partial charge is 0.352 e. The molecule has 0 bridgehead atoms. The lowest BCUT2D eigenvalue weighted by Crippen LogP contribution is -2.41. The highest BCUT2D eigenvalue weighted by Crippen LogP contribution is 2.19. The van der Waals surface area contributed by atoms with Gasteiger partial charge >= 0.3 is 0 Å². The van der Waals surface area contributed by atoms with Gasteiger partial charge in [-0.3, -0.25) is 4.79 Å². The first-order valence-electron chi connectivity index (χ1n) is 9.51. The third kappa shape index (κ3) is 10.8. The minimum absolute atomic E-state index is 0.159. The Morgan fingerprint density at radius 1 is 1.08 bits per heavy atom. The Morgan fingerprint density at radius 3 is 2.36 bits per heavy atom. The van der Waals surface area contributed by atoms with Crippen LogP contribution in [0.15, 0.2) is 36.9 Å². The van der Waals surface area contributed by atoms with Gasteiger partial charge in [-0.05, 0) is 42.7 Å². The fraction of sp³-hybridized carbons (Fsp3) is 0.591. The van der Waals surface area contributed by atoms with E-state index in [1.807, 2.05) is 18.2 Å². The second-order valence-electron chi connectivity index (χ2n) is 8.19. The Hall–Kier alpha value is -1.61. The van der Waals surface area contributed by atoms with Crippen molar-refractivity contribution in [3.63, 3.8) is 0 Å². The summed E-state index contributed by atoms with van der Waals surface area (Å²) in [7, 11) is 0. The van der Waals surface area contributed by atoms with Crippen LogP contribution >= 0.6 is 0 Å². The molecule has 3 nitrogen and oxygen atoms in total. The zero-order chi connectivity index (χ0) is 18.7. The lowest BCUT2D eigenvalue weighted by atomic mass is 9.97. The molecule has 0 radical (unpaired) electrons. The number of hydrogen-bond donors (Lipinski definition) is 2. The molecule has 3 heteroatoms. The summed E-state index contributed by atoms with van der Waals surface area (Å²) >= 11 is 0. The average molecular weight is 345 g/mol. The maximum Gasteiger partial charge on any atom is 0.220 e. The number of rotatable bonds is 11. The van der Waals surface area contributed by atoms with Crippen molar-refractivity contribution in [1.82, 2.24) is 10.6 Å². The van der Waals surface area contributed by atoms with Gasteiger partial charge in [-0.1, -0.05) is 64.1 Å². The van der Waals surface area contributed by atoms with E-state index in [0.29, 0.717) is 6.42 Å². The Labute approximate surface area is 154 Å². The van der Waals surface area contributed by atoms with Crippen LogP contribution in [-0.4, -0.2) is 25.0 Å². The average Bonchev–Trinajstić information content (AvgIpc) is 2.53. The van der Waals surface area contributed by atoms with Crippen LogP contribution < -0.4 is 10.6 Å². The third-order valence-electron chi connectivity index (χ3n) is 4.08. The predicted molar refractivity (Wildman–Crippen MR) is 108 cm³/mol. The Morgan fingerprint density at radius 2 is 1.72 bits per heavy atom. The topological polar surface area (TPSA) is 41.1 Å². The minimum atomic E-state index is 0.159. The van der Waals surface area contributed by atoms with Gasteiger partial charge in [0.05, 0.1) is 0 Å². The summed E-state index contributed by atoms with van der Waals surface area (Å²) in [6, 6.07) is 10.5. The van der Waals surface area contributed by atoms with Crippen molar-refractivity contribution >= 4 is 11.5 Å². The highest BCUT2D eigenvalue weighted by molar-refractivity contribution is 5.76. The molecule has 2 N–H and O–H groups in total. The van der Waals surface area contributed by atoms with Crippen LogP contribution in [-0.2, 0) is 4.79 Å². The van der Waals surface area contributed by atoms with Crippen molar-refractivity contribution in [2.75, 3.05) is 13.1 Å². The van der Waals surface area contributed by atoms with Gasteiger partial charge in [0.2, 0.25) is 5.91 Å². The molecule has 0 spiro atoms. The van der Waals surface area contributed by atoms with Gasteiger partial charge in [-0.2, -0.15) is 0 Å². The fourth-order valence-electron chi connectivity index (χ4n) is 2.68. The van der Waals surface area contributed by atoms with Crippen molar-refractivity contribution in [2.45, 2.75) is 65.8 Å². The number of unbranched alkanes of at least 4 members (excludes halogenated alkanes) is 2. The fourth-order valence-corrected chi connectivity index (χ4v) is 2.68. The summed E-state index contributed by atoms with van der Waals surface area (Å²) in [5.74, 6) is 0.159. The lowest BCUT2D eigenvalue weighted by molar-refractivity contribution is -0.121. The van der Waals surface area contributed by atoms with Crippen LogP contribution in [0, 0.1) is 5.41 Å². The SMILES string of the molecule is C=C(CCCCCC(=O)NC(C)CNCC(C)(C)C)c1ccccc1. The van der Waals surface area contributed by atoms with Gasteiger partial charge in [-0.15, -0.1) is 0 Å². The van der Waals surface area contributed by atoms with E-state index in [4.69, 9.17) is 0 Å². The van der Waals surface area contributed by atoms with E-state index >= 15 is 0 Å². The first kappa shape index (κ1) is 21.4. The molecular formula is C22H36N2O. The summed E-state index contributed by atoms with van der Waals surface area (Å²) in [6.07, 6.45) is 4.70. The lowest BCUT2D eigenvalue weighted by Gasteiger charge is -2.21. The molecule has 0 aromatic heterocycles. The molecular weight excluding hydrogens is 308 g/mol. The van der Waals surface area contributed by atoms with Crippen LogP contribution in [0.4, 0.5) is 0 Å². The van der Waals surface area contributed by atoms with Gasteiger partial charge in [0.25, 0.3) is 0 Å². The molecule has 0 saturated heterocycles. The Kier molecular flexibility index (Phi) is 9.51. The first-order chi connectivity index (χ1) is 11.8. The van der Waals surface area contributed by atoms with E-state index in [9.17, 15) is 4.79 Å². The summed E-state index contributed by atoms with van der Waals surface area (Å²) < 4.78 is 0. The van der Waals surface area contributed by atoms with E-state index < -0.39 is 0 Å². The number of amides is 1. The predicted octanol–water partition coefficient (Wildman–Crippen LogP) is 4.79. The Balaban J connectivity index is 2.07. The second-order valence-corrected chi connectivity index (χ2v) is 8.19. The molecule has 0 saturated carbocycles. The molecule has 0 aliphatic heterocycles. The zero-order valence-corrected chi connectivity index (χ0v) is 16.5. The molecule has 1 aromatic carbocycles. The molecule has 25 heavy (non-hydrogen) atoms. The number of carbonyl (C=O) groups is 1. The normalized spacial score (nSPS) is 12.6. The van der Waals surface area contributed by atoms with Crippen molar-refractivity contribution in [1.29, 1.82) is 0 Å². The van der Waals surface area contributed by atoms with Crippen LogP contribution in [0.5, 0.6) is 0 Å². The molecule has 1 amide bonds. The van der Waals surface area contributed by atoms with Crippen molar-refractivity contribution in [2.24, 2.45) is 5.41 Å². The van der Waals surface area contributed by atoms with E-state index in [0.717, 1.165) is 38.8 Å². The highest BCUT2D eigenvalue weighted by atomic mass is 16.1. The van der Waals surface area contributed by atoms with Gasteiger partial charge in [0.15, 0.2) is 0 Å². The van der Waals surface area contributed by atoms with Gasteiger partial charge < -0.3 is 10.6 Å². The van der Waals surface area contributed by atoms with Crippen LogP contribution in [0.2, 0.25) is 0 Å². The molecule has 140 valence electrons. The smallest absolute Gasteiger partial charge is 0.220 e. The van der Waals surface area contributed by atoms with Crippen molar-refractivity contribution < 1.29 is 4.79 Å². The minimum Gasteiger partial charge on any atom is -0.352 e. The van der Waals surface area contributed by atoms with Gasteiger partial charge in [0, 0.05) is 25.6 Å². The number of hydrogen-bond acceptors (Lipinski definition) is 2. The van der Waals surface area contributed by atoms with Crippen LogP contribution in [0.3, 0.4) is 0 Å². The van der Waals surface area contributed by atoms with Crippen LogP contribution in [0.25, 0.3) is 5.57 Å². The number of nitrogens with one attached hydrogen (secondary N) is 2. The Bertz CT molecular complexity index is 517. The second kappa shape index (κ2) is 11.1. The third-order valence-corrected chi connectivity index (χ3v) is 4.08. The summed E-state index contributed by atoms with van der Waals surface area (Å²) in [4.78, 5) is 12.0. The molecule has 1 aromatic rings. The molecule has 0 aliphatic rings. The highest BCUT2D eigenvalue weighted by Gasteiger charge is 2.11. The molecule has 0 fully saturated rings. The molecule has 0 heterocycles. The van der Waals surface area contributed by atoms with Gasteiger partial charge in [0.1, 0.15) is 0 Å². The number of benzene rings is 1. The molecule has 1 unspecified atom stereocenters. The molecule has 1 rings (SSSR count). The maximum absolute atomic E-state index is 12.0. The first-order valence-corrected chi connectivity index (χ1v) is 9.51. The molecule has 1 atom stereocenters. The quantitative estimate of drug-likeness (QED) is 0.567. The van der Waals surface area contributed by atoms with E-state index in [-0.39, 0.29) is 17.4 Å². The monoisotopic (exact) mass is 344 g/mol. The van der Waals surface area contributed by atoms with Crippen molar-refractivity contribution in [3.8, 4) is 0 Å². The van der Waals surface area contributed by atoms with E-state index in [1.54, 1.807) is 0 Å². The summed E-state index contributed by atoms with van der Waals surface area (Å²) in [5.41, 5.74) is 2.67. The van der Waals surface area contributed by atoms with Gasteiger partial charge in [-0.25, -0.2) is 0 Å². The molecule has 0 aliphatic carbocycles.